The summed E-state index contributed by atoms with van der Waals surface area (Å²) in [4.78, 5) is 15.6. The van der Waals surface area contributed by atoms with Gasteiger partial charge in [-0.05, 0) is 48.9 Å². The van der Waals surface area contributed by atoms with Gasteiger partial charge in [0.25, 0.3) is 5.91 Å². The van der Waals surface area contributed by atoms with E-state index < -0.39 is 35.2 Å². The Hall–Kier alpha value is -3.49. The molecule has 0 aliphatic heterocycles. The highest BCUT2D eigenvalue weighted by Crippen LogP contribution is 2.37. The minimum Gasteiger partial charge on any atom is -0.438 e. The van der Waals surface area contributed by atoms with Crippen LogP contribution in [0, 0.1) is 18.6 Å². The van der Waals surface area contributed by atoms with Crippen LogP contribution in [0.1, 0.15) is 21.5 Å². The molecule has 9 heteroatoms. The van der Waals surface area contributed by atoms with Crippen LogP contribution >= 0.6 is 0 Å². The summed E-state index contributed by atoms with van der Waals surface area (Å²) in [6.45, 7) is 1.59. The molecule has 0 aliphatic carbocycles. The first kappa shape index (κ1) is 20.2. The van der Waals surface area contributed by atoms with E-state index >= 15 is 0 Å². The molecular weight excluding hydrogens is 395 g/mol. The number of aryl methyl sites for hydroxylation is 1. The number of alkyl halides is 3. The number of hydrogen-bond donors (Lipinski definition) is 1. The summed E-state index contributed by atoms with van der Waals surface area (Å²) >= 11 is 0. The number of hydrogen-bond acceptors (Lipinski definition) is 3. The smallest absolute Gasteiger partial charge is 0.421 e. The molecule has 1 heterocycles. The number of carbonyl (C=O) groups is 1. The van der Waals surface area contributed by atoms with Crippen molar-refractivity contribution in [1.82, 2.24) is 4.98 Å². The first-order chi connectivity index (χ1) is 13.6. The Morgan fingerprint density at radius 3 is 2.38 bits per heavy atom. The van der Waals surface area contributed by atoms with Crippen molar-refractivity contribution in [1.29, 1.82) is 0 Å². The molecule has 3 rings (SSSR count). The predicted molar refractivity (Wildman–Crippen MR) is 94.8 cm³/mol. The second-order valence-electron chi connectivity index (χ2n) is 6.02. The molecule has 0 radical (unpaired) electrons. The third kappa shape index (κ3) is 4.68. The number of pyridine rings is 1. The van der Waals surface area contributed by atoms with Gasteiger partial charge in [0.2, 0.25) is 5.88 Å². The fourth-order valence-electron chi connectivity index (χ4n) is 2.54. The maximum absolute atomic E-state index is 13.9. The maximum atomic E-state index is 13.9. The number of benzene rings is 2. The van der Waals surface area contributed by atoms with Crippen molar-refractivity contribution in [3.63, 3.8) is 0 Å². The van der Waals surface area contributed by atoms with E-state index in [9.17, 15) is 26.7 Å². The van der Waals surface area contributed by atoms with E-state index in [1.807, 2.05) is 0 Å². The van der Waals surface area contributed by atoms with Gasteiger partial charge in [-0.2, -0.15) is 13.2 Å². The predicted octanol–water partition coefficient (Wildman–Crippen LogP) is 5.73. The number of carbonyl (C=O) groups excluding carboxylic acids is 1. The number of anilines is 1. The Kier molecular flexibility index (Phi) is 5.49. The van der Waals surface area contributed by atoms with Gasteiger partial charge in [-0.3, -0.25) is 4.79 Å². The zero-order chi connectivity index (χ0) is 21.2. The molecule has 0 bridgehead atoms. The highest BCUT2D eigenvalue weighted by molar-refractivity contribution is 6.05. The third-order valence-electron chi connectivity index (χ3n) is 3.90. The Morgan fingerprint density at radius 2 is 1.76 bits per heavy atom. The molecule has 0 saturated carbocycles. The molecule has 29 heavy (non-hydrogen) atoms. The van der Waals surface area contributed by atoms with E-state index in [0.29, 0.717) is 11.8 Å². The summed E-state index contributed by atoms with van der Waals surface area (Å²) in [5.41, 5.74) is -0.749. The first-order valence-corrected chi connectivity index (χ1v) is 8.22. The van der Waals surface area contributed by atoms with E-state index in [4.69, 9.17) is 4.74 Å². The molecular formula is C20H13F5N2O2. The molecule has 0 aliphatic rings. The first-order valence-electron chi connectivity index (χ1n) is 8.22. The van der Waals surface area contributed by atoms with Crippen LogP contribution in [0.5, 0.6) is 11.6 Å². The van der Waals surface area contributed by atoms with Crippen molar-refractivity contribution in [2.75, 3.05) is 5.32 Å². The zero-order valence-electron chi connectivity index (χ0n) is 14.8. The molecule has 2 aromatic carbocycles. The minimum absolute atomic E-state index is 0.0188. The maximum Gasteiger partial charge on any atom is 0.421 e. The second-order valence-corrected chi connectivity index (χ2v) is 6.02. The standard InChI is InChI=1S/C20H13F5N2O2/c1-11-3-2-4-16(22)17(11)18(28)27-13-5-7-14(8-6-13)29-19-15(20(23,24)25)9-12(21)10-26-19/h2-10H,1H3,(H,27,28). The number of amides is 1. The highest BCUT2D eigenvalue weighted by Gasteiger charge is 2.36. The van der Waals surface area contributed by atoms with Crippen molar-refractivity contribution < 1.29 is 31.5 Å². The number of aromatic nitrogens is 1. The molecule has 1 amide bonds. The van der Waals surface area contributed by atoms with Crippen LogP contribution in [0.25, 0.3) is 0 Å². The van der Waals surface area contributed by atoms with Crippen molar-refractivity contribution in [2.24, 2.45) is 0 Å². The third-order valence-corrected chi connectivity index (χ3v) is 3.90. The molecule has 3 aromatic rings. The lowest BCUT2D eigenvalue weighted by Crippen LogP contribution is -2.15. The Balaban J connectivity index is 1.77. The zero-order valence-corrected chi connectivity index (χ0v) is 14.8. The van der Waals surface area contributed by atoms with Crippen LogP contribution in [0.4, 0.5) is 27.6 Å². The minimum atomic E-state index is -4.85. The normalized spacial score (nSPS) is 11.2. The van der Waals surface area contributed by atoms with Gasteiger partial charge in [0, 0.05) is 5.69 Å². The van der Waals surface area contributed by atoms with Crippen molar-refractivity contribution >= 4 is 11.6 Å². The quantitative estimate of drug-likeness (QED) is 0.561. The topological polar surface area (TPSA) is 51.2 Å². The lowest BCUT2D eigenvalue weighted by Gasteiger charge is -2.13. The van der Waals surface area contributed by atoms with E-state index in [0.717, 1.165) is 6.07 Å². The Bertz CT molecular complexity index is 1030. The SMILES string of the molecule is Cc1cccc(F)c1C(=O)Nc1ccc(Oc2ncc(F)cc2C(F)(F)F)cc1. The molecule has 4 nitrogen and oxygen atoms in total. The molecule has 1 N–H and O–H groups in total. The average Bonchev–Trinajstić information content (AvgIpc) is 2.64. The summed E-state index contributed by atoms with van der Waals surface area (Å²) in [7, 11) is 0. The summed E-state index contributed by atoms with van der Waals surface area (Å²) in [6.07, 6.45) is -4.24. The van der Waals surface area contributed by atoms with Gasteiger partial charge < -0.3 is 10.1 Å². The Labute approximate surface area is 162 Å². The van der Waals surface area contributed by atoms with Gasteiger partial charge in [0.1, 0.15) is 22.9 Å². The summed E-state index contributed by atoms with van der Waals surface area (Å²) < 4.78 is 71.1. The average molecular weight is 408 g/mol. The van der Waals surface area contributed by atoms with Gasteiger partial charge in [-0.25, -0.2) is 13.8 Å². The van der Waals surface area contributed by atoms with Crippen LogP contribution in [0.2, 0.25) is 0 Å². The number of nitrogens with one attached hydrogen (secondary N) is 1. The summed E-state index contributed by atoms with van der Waals surface area (Å²) in [6, 6.07) is 9.81. The largest absolute Gasteiger partial charge is 0.438 e. The highest BCUT2D eigenvalue weighted by atomic mass is 19.4. The van der Waals surface area contributed by atoms with Crippen LogP contribution in [0.3, 0.4) is 0 Å². The van der Waals surface area contributed by atoms with Crippen LogP contribution < -0.4 is 10.1 Å². The fraction of sp³-hybridized carbons (Fsp3) is 0.100. The van der Waals surface area contributed by atoms with Crippen molar-refractivity contribution in [3.05, 3.63) is 83.1 Å². The van der Waals surface area contributed by atoms with E-state index in [1.54, 1.807) is 13.0 Å². The monoisotopic (exact) mass is 408 g/mol. The molecule has 0 atom stereocenters. The molecule has 150 valence electrons. The van der Waals surface area contributed by atoms with Gasteiger partial charge in [-0.15, -0.1) is 0 Å². The van der Waals surface area contributed by atoms with Gasteiger partial charge >= 0.3 is 6.18 Å². The van der Waals surface area contributed by atoms with E-state index in [1.165, 1.54) is 30.3 Å². The molecule has 1 aromatic heterocycles. The number of nitrogens with zero attached hydrogens (tertiary/aromatic N) is 1. The van der Waals surface area contributed by atoms with Crippen LogP contribution in [-0.2, 0) is 6.18 Å². The summed E-state index contributed by atoms with van der Waals surface area (Å²) in [5.74, 6) is -3.32. The Morgan fingerprint density at radius 1 is 1.07 bits per heavy atom. The molecule has 0 unspecified atom stereocenters. The van der Waals surface area contributed by atoms with Crippen molar-refractivity contribution in [2.45, 2.75) is 13.1 Å². The summed E-state index contributed by atoms with van der Waals surface area (Å²) in [5, 5.41) is 2.49. The lowest BCUT2D eigenvalue weighted by atomic mass is 10.1. The van der Waals surface area contributed by atoms with Gasteiger partial charge in [-0.1, -0.05) is 12.1 Å². The van der Waals surface area contributed by atoms with Crippen LogP contribution in [-0.4, -0.2) is 10.9 Å². The van der Waals surface area contributed by atoms with Crippen molar-refractivity contribution in [3.8, 4) is 11.6 Å². The lowest BCUT2D eigenvalue weighted by molar-refractivity contribution is -0.139. The number of ether oxygens (including phenoxy) is 1. The van der Waals surface area contributed by atoms with E-state index in [-0.39, 0.29) is 23.1 Å². The molecule has 0 spiro atoms. The number of halogens is 5. The van der Waals surface area contributed by atoms with Gasteiger partial charge in [0.05, 0.1) is 11.8 Å². The van der Waals surface area contributed by atoms with Crippen LogP contribution in [0.15, 0.2) is 54.7 Å². The number of rotatable bonds is 4. The van der Waals surface area contributed by atoms with E-state index in [2.05, 4.69) is 10.3 Å². The molecule has 0 fully saturated rings. The molecule has 0 saturated heterocycles. The fourth-order valence-corrected chi connectivity index (χ4v) is 2.54. The second kappa shape index (κ2) is 7.86. The van der Waals surface area contributed by atoms with Gasteiger partial charge in [0.15, 0.2) is 0 Å².